The van der Waals surface area contributed by atoms with Crippen LogP contribution >= 0.6 is 0 Å². The van der Waals surface area contributed by atoms with Gasteiger partial charge in [0.05, 0.1) is 0 Å². The molecule has 1 aromatic heterocycles. The molecule has 1 amide bonds. The van der Waals surface area contributed by atoms with Crippen LogP contribution in [0.15, 0.2) is 42.5 Å². The maximum atomic E-state index is 12.9. The van der Waals surface area contributed by atoms with Gasteiger partial charge in [0.15, 0.2) is 0 Å². The van der Waals surface area contributed by atoms with Crippen molar-refractivity contribution in [1.29, 1.82) is 0 Å². The Hall–Kier alpha value is -2.07. The van der Waals surface area contributed by atoms with Crippen LogP contribution < -0.4 is 5.73 Å². The van der Waals surface area contributed by atoms with Crippen molar-refractivity contribution >= 4 is 5.91 Å². The summed E-state index contributed by atoms with van der Waals surface area (Å²) in [5.41, 5.74) is 9.11. The number of carbonyl (C=O) groups excluding carboxylic acids is 1. The molecule has 0 aliphatic carbocycles. The SMILES string of the molecule is CCC[C@H]1CN(C(=O)c2ccc(-c3ccccc3)n2C)C[C@@H]1N. The van der Waals surface area contributed by atoms with Crippen LogP contribution in [0, 0.1) is 5.92 Å². The molecular formula is C19H25N3O. The number of amides is 1. The monoisotopic (exact) mass is 311 g/mol. The molecule has 1 aliphatic rings. The first kappa shape index (κ1) is 15.8. The average Bonchev–Trinajstić information content (AvgIpc) is 3.12. The van der Waals surface area contributed by atoms with E-state index >= 15 is 0 Å². The zero-order chi connectivity index (χ0) is 16.4. The Kier molecular flexibility index (Phi) is 4.53. The highest BCUT2D eigenvalue weighted by Crippen LogP contribution is 2.25. The summed E-state index contributed by atoms with van der Waals surface area (Å²) in [4.78, 5) is 14.8. The summed E-state index contributed by atoms with van der Waals surface area (Å²) >= 11 is 0. The van der Waals surface area contributed by atoms with E-state index in [9.17, 15) is 4.79 Å². The molecule has 0 spiro atoms. The van der Waals surface area contributed by atoms with Crippen molar-refractivity contribution in [3.05, 3.63) is 48.2 Å². The van der Waals surface area contributed by atoms with E-state index in [1.54, 1.807) is 0 Å². The standard InChI is InChI=1S/C19H25N3O/c1-3-7-15-12-22(13-16(15)20)19(23)18-11-10-17(21(18)2)14-8-5-4-6-9-14/h4-6,8-11,15-16H,3,7,12-13,20H2,1-2H3/t15-,16-/m0/s1. The Labute approximate surface area is 137 Å². The van der Waals surface area contributed by atoms with Gasteiger partial charge in [-0.1, -0.05) is 43.7 Å². The largest absolute Gasteiger partial charge is 0.340 e. The zero-order valence-electron chi connectivity index (χ0n) is 13.9. The Morgan fingerprint density at radius 2 is 1.91 bits per heavy atom. The molecule has 2 aromatic rings. The first-order valence-electron chi connectivity index (χ1n) is 8.37. The highest BCUT2D eigenvalue weighted by atomic mass is 16.2. The summed E-state index contributed by atoms with van der Waals surface area (Å²) in [6.45, 7) is 3.61. The van der Waals surface area contributed by atoms with Crippen LogP contribution in [0.4, 0.5) is 0 Å². The molecule has 0 bridgehead atoms. The van der Waals surface area contributed by atoms with E-state index in [1.165, 1.54) is 0 Å². The van der Waals surface area contributed by atoms with Gasteiger partial charge in [0.2, 0.25) is 0 Å². The second-order valence-corrected chi connectivity index (χ2v) is 6.45. The molecule has 0 radical (unpaired) electrons. The third-order valence-electron chi connectivity index (χ3n) is 4.85. The molecule has 4 heteroatoms. The van der Waals surface area contributed by atoms with E-state index in [2.05, 4.69) is 19.1 Å². The average molecular weight is 311 g/mol. The Morgan fingerprint density at radius 1 is 1.17 bits per heavy atom. The van der Waals surface area contributed by atoms with Crippen LogP contribution in [0.2, 0.25) is 0 Å². The smallest absolute Gasteiger partial charge is 0.270 e. The van der Waals surface area contributed by atoms with E-state index in [1.807, 2.05) is 46.8 Å². The molecule has 2 N–H and O–H groups in total. The van der Waals surface area contributed by atoms with Crippen molar-refractivity contribution in [3.63, 3.8) is 0 Å². The van der Waals surface area contributed by atoms with Crippen LogP contribution in [-0.2, 0) is 7.05 Å². The first-order chi connectivity index (χ1) is 11.1. The van der Waals surface area contributed by atoms with Gasteiger partial charge in [-0.2, -0.15) is 0 Å². The number of nitrogens with zero attached hydrogens (tertiary/aromatic N) is 2. The van der Waals surface area contributed by atoms with Gasteiger partial charge in [0, 0.05) is 31.9 Å². The van der Waals surface area contributed by atoms with Gasteiger partial charge >= 0.3 is 0 Å². The number of carbonyl (C=O) groups is 1. The fourth-order valence-corrected chi connectivity index (χ4v) is 3.53. The second-order valence-electron chi connectivity index (χ2n) is 6.45. The van der Waals surface area contributed by atoms with E-state index in [0.717, 1.165) is 36.3 Å². The van der Waals surface area contributed by atoms with Crippen molar-refractivity contribution in [2.24, 2.45) is 18.7 Å². The van der Waals surface area contributed by atoms with Crippen molar-refractivity contribution in [1.82, 2.24) is 9.47 Å². The van der Waals surface area contributed by atoms with Gasteiger partial charge in [-0.05, 0) is 30.0 Å². The summed E-state index contributed by atoms with van der Waals surface area (Å²) in [5, 5.41) is 0. The third kappa shape index (κ3) is 3.04. The predicted octanol–water partition coefficient (Wildman–Crippen LogP) is 2.89. The Bertz CT molecular complexity index is 677. The number of hydrogen-bond acceptors (Lipinski definition) is 2. The lowest BCUT2D eigenvalue weighted by molar-refractivity contribution is 0.0776. The van der Waals surface area contributed by atoms with Crippen molar-refractivity contribution in [2.45, 2.75) is 25.8 Å². The van der Waals surface area contributed by atoms with Gasteiger partial charge in [-0.3, -0.25) is 4.79 Å². The molecule has 1 aromatic carbocycles. The Morgan fingerprint density at radius 3 is 2.61 bits per heavy atom. The molecule has 1 aliphatic heterocycles. The molecule has 1 saturated heterocycles. The molecule has 0 saturated carbocycles. The zero-order valence-corrected chi connectivity index (χ0v) is 13.9. The van der Waals surface area contributed by atoms with Crippen molar-refractivity contribution < 1.29 is 4.79 Å². The van der Waals surface area contributed by atoms with E-state index in [-0.39, 0.29) is 11.9 Å². The minimum atomic E-state index is 0.0868. The molecular weight excluding hydrogens is 286 g/mol. The van der Waals surface area contributed by atoms with Crippen LogP contribution in [0.25, 0.3) is 11.3 Å². The van der Waals surface area contributed by atoms with Crippen LogP contribution in [-0.4, -0.2) is 34.5 Å². The fraction of sp³-hybridized carbons (Fsp3) is 0.421. The predicted molar refractivity (Wildman–Crippen MR) is 93.1 cm³/mol. The summed E-state index contributed by atoms with van der Waals surface area (Å²) in [7, 11) is 1.95. The highest BCUT2D eigenvalue weighted by molar-refractivity contribution is 5.94. The summed E-state index contributed by atoms with van der Waals surface area (Å²) in [6.07, 6.45) is 2.20. The third-order valence-corrected chi connectivity index (χ3v) is 4.85. The molecule has 122 valence electrons. The van der Waals surface area contributed by atoms with Gasteiger partial charge in [-0.25, -0.2) is 0 Å². The lowest BCUT2D eigenvalue weighted by atomic mass is 9.99. The van der Waals surface area contributed by atoms with Crippen LogP contribution in [0.3, 0.4) is 0 Å². The maximum absolute atomic E-state index is 12.9. The molecule has 2 heterocycles. The van der Waals surface area contributed by atoms with Crippen LogP contribution in [0.1, 0.15) is 30.3 Å². The Balaban J connectivity index is 1.80. The van der Waals surface area contributed by atoms with Gasteiger partial charge in [0.25, 0.3) is 5.91 Å². The second kappa shape index (κ2) is 6.59. The maximum Gasteiger partial charge on any atom is 0.270 e. The molecule has 0 unspecified atom stereocenters. The number of hydrogen-bond donors (Lipinski definition) is 1. The minimum Gasteiger partial charge on any atom is -0.340 e. The number of likely N-dealkylation sites (tertiary alicyclic amines) is 1. The molecule has 1 fully saturated rings. The molecule has 2 atom stereocenters. The normalized spacial score (nSPS) is 20.9. The van der Waals surface area contributed by atoms with E-state index in [0.29, 0.717) is 12.5 Å². The quantitative estimate of drug-likeness (QED) is 0.944. The van der Waals surface area contributed by atoms with Crippen molar-refractivity contribution in [3.8, 4) is 11.3 Å². The van der Waals surface area contributed by atoms with E-state index in [4.69, 9.17) is 5.73 Å². The summed E-state index contributed by atoms with van der Waals surface area (Å²) in [6, 6.07) is 14.2. The minimum absolute atomic E-state index is 0.0868. The van der Waals surface area contributed by atoms with Gasteiger partial charge in [-0.15, -0.1) is 0 Å². The summed E-state index contributed by atoms with van der Waals surface area (Å²) in [5.74, 6) is 0.515. The highest BCUT2D eigenvalue weighted by Gasteiger charge is 2.33. The topological polar surface area (TPSA) is 51.3 Å². The van der Waals surface area contributed by atoms with Gasteiger partial charge < -0.3 is 15.2 Å². The van der Waals surface area contributed by atoms with Crippen molar-refractivity contribution in [2.75, 3.05) is 13.1 Å². The summed E-state index contributed by atoms with van der Waals surface area (Å²) < 4.78 is 1.98. The number of nitrogens with two attached hydrogens (primary N) is 1. The fourth-order valence-electron chi connectivity index (χ4n) is 3.53. The molecule has 4 nitrogen and oxygen atoms in total. The van der Waals surface area contributed by atoms with E-state index < -0.39 is 0 Å². The number of aromatic nitrogens is 1. The number of rotatable bonds is 4. The molecule has 23 heavy (non-hydrogen) atoms. The van der Waals surface area contributed by atoms with Crippen LogP contribution in [0.5, 0.6) is 0 Å². The lowest BCUT2D eigenvalue weighted by Gasteiger charge is -2.17. The lowest BCUT2D eigenvalue weighted by Crippen LogP contribution is -2.33. The molecule has 3 rings (SSSR count). The van der Waals surface area contributed by atoms with Gasteiger partial charge in [0.1, 0.15) is 5.69 Å². The first-order valence-corrected chi connectivity index (χ1v) is 8.37. The number of benzene rings is 1.